The summed E-state index contributed by atoms with van der Waals surface area (Å²) in [6.07, 6.45) is 1.54. The average Bonchev–Trinajstić information content (AvgIpc) is 3.08. The molecule has 0 spiro atoms. The third-order valence-electron chi connectivity index (χ3n) is 3.95. The zero-order valence-electron chi connectivity index (χ0n) is 13.4. The Morgan fingerprint density at radius 1 is 1.24 bits per heavy atom. The standard InChI is InChI=1S/C17H14FN5O2/c1-25-10-2-3-12(18)11(8-10)16-19-5-4-13(21-16)14-9-15-17(24)20-6-7-23(15)22-14/h2-5,8-9H,6-7H2,1H3,(H,20,24). The van der Waals surface area contributed by atoms with Gasteiger partial charge >= 0.3 is 0 Å². The monoisotopic (exact) mass is 339 g/mol. The van der Waals surface area contributed by atoms with Crippen molar-refractivity contribution in [3.8, 4) is 28.5 Å². The smallest absolute Gasteiger partial charge is 0.269 e. The van der Waals surface area contributed by atoms with Crippen LogP contribution >= 0.6 is 0 Å². The lowest BCUT2D eigenvalue weighted by Gasteiger charge is -2.13. The molecule has 3 aromatic rings. The van der Waals surface area contributed by atoms with E-state index in [1.54, 1.807) is 22.9 Å². The molecule has 1 aliphatic heterocycles. The Kier molecular flexibility index (Phi) is 3.64. The lowest BCUT2D eigenvalue weighted by Crippen LogP contribution is -2.35. The number of aromatic nitrogens is 4. The van der Waals surface area contributed by atoms with Crippen LogP contribution in [-0.4, -0.2) is 39.3 Å². The summed E-state index contributed by atoms with van der Waals surface area (Å²) >= 11 is 0. The molecule has 1 aliphatic rings. The van der Waals surface area contributed by atoms with Crippen molar-refractivity contribution in [1.82, 2.24) is 25.1 Å². The lowest BCUT2D eigenvalue weighted by molar-refractivity contribution is 0.0924. The molecule has 3 heterocycles. The second-order valence-electron chi connectivity index (χ2n) is 5.51. The molecule has 0 saturated carbocycles. The summed E-state index contributed by atoms with van der Waals surface area (Å²) in [6, 6.07) is 7.73. The molecule has 4 rings (SSSR count). The Balaban J connectivity index is 1.77. The highest BCUT2D eigenvalue weighted by atomic mass is 19.1. The van der Waals surface area contributed by atoms with Crippen LogP contribution in [0, 0.1) is 5.82 Å². The van der Waals surface area contributed by atoms with Crippen molar-refractivity contribution in [2.45, 2.75) is 6.54 Å². The average molecular weight is 339 g/mol. The quantitative estimate of drug-likeness (QED) is 0.788. The number of nitrogens with zero attached hydrogens (tertiary/aromatic N) is 4. The van der Waals surface area contributed by atoms with Gasteiger partial charge in [-0.3, -0.25) is 9.48 Å². The third-order valence-corrected chi connectivity index (χ3v) is 3.95. The number of amides is 1. The highest BCUT2D eigenvalue weighted by Crippen LogP contribution is 2.26. The molecular weight excluding hydrogens is 325 g/mol. The fourth-order valence-electron chi connectivity index (χ4n) is 2.69. The highest BCUT2D eigenvalue weighted by molar-refractivity contribution is 5.94. The van der Waals surface area contributed by atoms with Crippen LogP contribution in [0.3, 0.4) is 0 Å². The van der Waals surface area contributed by atoms with Crippen LogP contribution in [0.2, 0.25) is 0 Å². The Morgan fingerprint density at radius 2 is 2.12 bits per heavy atom. The van der Waals surface area contributed by atoms with E-state index < -0.39 is 5.82 Å². The van der Waals surface area contributed by atoms with Gasteiger partial charge in [-0.05, 0) is 30.3 Å². The number of nitrogens with one attached hydrogen (secondary N) is 1. The van der Waals surface area contributed by atoms with Crippen molar-refractivity contribution in [2.75, 3.05) is 13.7 Å². The van der Waals surface area contributed by atoms with E-state index in [-0.39, 0.29) is 17.3 Å². The van der Waals surface area contributed by atoms with Crippen LogP contribution in [-0.2, 0) is 6.54 Å². The van der Waals surface area contributed by atoms with Gasteiger partial charge in [0.05, 0.1) is 24.9 Å². The van der Waals surface area contributed by atoms with Crippen molar-refractivity contribution >= 4 is 5.91 Å². The van der Waals surface area contributed by atoms with Gasteiger partial charge < -0.3 is 10.1 Å². The van der Waals surface area contributed by atoms with Crippen LogP contribution in [0.4, 0.5) is 4.39 Å². The molecule has 0 radical (unpaired) electrons. The van der Waals surface area contributed by atoms with E-state index in [1.807, 2.05) is 0 Å². The van der Waals surface area contributed by atoms with Crippen LogP contribution < -0.4 is 10.1 Å². The van der Waals surface area contributed by atoms with Gasteiger partial charge in [-0.1, -0.05) is 0 Å². The zero-order valence-corrected chi connectivity index (χ0v) is 13.4. The van der Waals surface area contributed by atoms with Gasteiger partial charge in [0.25, 0.3) is 5.91 Å². The molecule has 1 N–H and O–H groups in total. The summed E-state index contributed by atoms with van der Waals surface area (Å²) in [6.45, 7) is 1.14. The number of fused-ring (bicyclic) bond motifs is 1. The predicted octanol–water partition coefficient (Wildman–Crippen LogP) is 1.90. The van der Waals surface area contributed by atoms with E-state index in [0.717, 1.165) is 0 Å². The van der Waals surface area contributed by atoms with E-state index >= 15 is 0 Å². The SMILES string of the molecule is COc1ccc(F)c(-c2nccc(-c3cc4n(n3)CCNC4=O)n2)c1. The summed E-state index contributed by atoms with van der Waals surface area (Å²) in [5.41, 5.74) is 1.78. The molecule has 25 heavy (non-hydrogen) atoms. The zero-order chi connectivity index (χ0) is 17.4. The number of methoxy groups -OCH3 is 1. The number of hydrogen-bond acceptors (Lipinski definition) is 5. The van der Waals surface area contributed by atoms with Gasteiger partial charge in [-0.2, -0.15) is 5.10 Å². The second kappa shape index (κ2) is 5.97. The predicted molar refractivity (Wildman–Crippen MR) is 87.5 cm³/mol. The Morgan fingerprint density at radius 3 is 2.92 bits per heavy atom. The fraction of sp³-hybridized carbons (Fsp3) is 0.176. The van der Waals surface area contributed by atoms with Crippen LogP contribution in [0.15, 0.2) is 36.5 Å². The molecule has 1 amide bonds. The number of carbonyl (C=O) groups excluding carboxylic acids is 1. The van der Waals surface area contributed by atoms with E-state index in [1.165, 1.54) is 25.4 Å². The van der Waals surface area contributed by atoms with Gasteiger partial charge in [-0.25, -0.2) is 14.4 Å². The maximum atomic E-state index is 14.2. The first-order valence-corrected chi connectivity index (χ1v) is 7.69. The molecule has 7 nitrogen and oxygen atoms in total. The van der Waals surface area contributed by atoms with Crippen LogP contribution in [0.1, 0.15) is 10.5 Å². The molecule has 1 aromatic carbocycles. The molecule has 0 atom stereocenters. The van der Waals surface area contributed by atoms with Crippen molar-refractivity contribution in [2.24, 2.45) is 0 Å². The van der Waals surface area contributed by atoms with E-state index in [0.29, 0.717) is 35.9 Å². The largest absolute Gasteiger partial charge is 0.497 e. The number of hydrogen-bond donors (Lipinski definition) is 1. The maximum absolute atomic E-state index is 14.2. The van der Waals surface area contributed by atoms with Crippen LogP contribution in [0.5, 0.6) is 5.75 Å². The maximum Gasteiger partial charge on any atom is 0.269 e. The molecule has 126 valence electrons. The van der Waals surface area contributed by atoms with Gasteiger partial charge in [-0.15, -0.1) is 0 Å². The van der Waals surface area contributed by atoms with Crippen molar-refractivity contribution in [1.29, 1.82) is 0 Å². The number of benzene rings is 1. The fourth-order valence-corrected chi connectivity index (χ4v) is 2.69. The summed E-state index contributed by atoms with van der Waals surface area (Å²) in [5.74, 6) is 0.128. The van der Waals surface area contributed by atoms with Crippen molar-refractivity contribution in [3.63, 3.8) is 0 Å². The Hall–Kier alpha value is -3.29. The number of rotatable bonds is 3. The van der Waals surface area contributed by atoms with Crippen molar-refractivity contribution < 1.29 is 13.9 Å². The minimum Gasteiger partial charge on any atom is -0.497 e. The third kappa shape index (κ3) is 2.71. The van der Waals surface area contributed by atoms with E-state index in [4.69, 9.17) is 4.74 Å². The normalized spacial score (nSPS) is 13.3. The molecule has 0 unspecified atom stereocenters. The molecule has 2 aromatic heterocycles. The van der Waals surface area contributed by atoms with Crippen molar-refractivity contribution in [3.05, 3.63) is 48.0 Å². The number of ether oxygens (including phenoxy) is 1. The van der Waals surface area contributed by atoms with Gasteiger partial charge in [0.15, 0.2) is 5.82 Å². The van der Waals surface area contributed by atoms with Gasteiger partial charge in [0.2, 0.25) is 0 Å². The second-order valence-corrected chi connectivity index (χ2v) is 5.51. The number of carbonyl (C=O) groups is 1. The Labute approximate surface area is 142 Å². The molecule has 0 fully saturated rings. The lowest BCUT2D eigenvalue weighted by atomic mass is 10.1. The molecular formula is C17H14FN5O2. The first-order chi connectivity index (χ1) is 12.2. The summed E-state index contributed by atoms with van der Waals surface area (Å²) < 4.78 is 20.9. The summed E-state index contributed by atoms with van der Waals surface area (Å²) in [7, 11) is 1.51. The molecule has 0 bridgehead atoms. The van der Waals surface area contributed by atoms with E-state index in [2.05, 4.69) is 20.4 Å². The first kappa shape index (κ1) is 15.3. The highest BCUT2D eigenvalue weighted by Gasteiger charge is 2.20. The van der Waals surface area contributed by atoms with E-state index in [9.17, 15) is 9.18 Å². The molecule has 0 aliphatic carbocycles. The van der Waals surface area contributed by atoms with Gasteiger partial charge in [0, 0.05) is 12.7 Å². The van der Waals surface area contributed by atoms with Gasteiger partial charge in [0.1, 0.15) is 23.0 Å². The first-order valence-electron chi connectivity index (χ1n) is 7.69. The molecule has 0 saturated heterocycles. The molecule has 8 heteroatoms. The minimum atomic E-state index is -0.443. The van der Waals surface area contributed by atoms with Crippen LogP contribution in [0.25, 0.3) is 22.8 Å². The summed E-state index contributed by atoms with van der Waals surface area (Å²) in [4.78, 5) is 20.4. The Bertz CT molecular complexity index is 969. The number of halogens is 1. The minimum absolute atomic E-state index is 0.168. The topological polar surface area (TPSA) is 81.9 Å². The summed E-state index contributed by atoms with van der Waals surface area (Å²) in [5, 5.41) is 7.17.